The molecule has 22 heavy (non-hydrogen) atoms. The number of nitrogens with one attached hydrogen (secondary N) is 1. The molecule has 1 N–H and O–H groups in total. The van der Waals surface area contributed by atoms with Gasteiger partial charge in [0.15, 0.2) is 0 Å². The van der Waals surface area contributed by atoms with E-state index in [4.69, 9.17) is 0 Å². The van der Waals surface area contributed by atoms with E-state index in [0.29, 0.717) is 5.95 Å². The Morgan fingerprint density at radius 1 is 1.14 bits per heavy atom. The summed E-state index contributed by atoms with van der Waals surface area (Å²) in [6.07, 6.45) is 7.12. The topological polar surface area (TPSA) is 53.4 Å². The molecule has 0 bridgehead atoms. The predicted octanol–water partition coefficient (Wildman–Crippen LogP) is 3.19. The van der Waals surface area contributed by atoms with Crippen LogP contribution in [0.4, 0.5) is 11.6 Å². The highest BCUT2D eigenvalue weighted by Crippen LogP contribution is 2.46. The SMILES string of the molecule is CN1/C(=C\C=N\Nc2ncccn2)C(C)(C)c2ccccc21. The number of allylic oxidation sites excluding steroid dienone is 2. The van der Waals surface area contributed by atoms with E-state index in [1.165, 1.54) is 16.9 Å². The molecule has 1 aromatic heterocycles. The van der Waals surface area contributed by atoms with Crippen LogP contribution in [0.1, 0.15) is 19.4 Å². The van der Waals surface area contributed by atoms with Crippen LogP contribution in [0.5, 0.6) is 0 Å². The normalized spacial score (nSPS) is 18.0. The first-order valence-corrected chi connectivity index (χ1v) is 7.21. The minimum Gasteiger partial charge on any atom is -0.347 e. The number of aromatic nitrogens is 2. The van der Waals surface area contributed by atoms with Gasteiger partial charge in [0, 0.05) is 42.5 Å². The summed E-state index contributed by atoms with van der Waals surface area (Å²) in [6.45, 7) is 4.45. The summed E-state index contributed by atoms with van der Waals surface area (Å²) >= 11 is 0. The maximum atomic E-state index is 4.16. The van der Waals surface area contributed by atoms with Gasteiger partial charge in [-0.1, -0.05) is 32.0 Å². The Hall–Kier alpha value is -2.69. The van der Waals surface area contributed by atoms with E-state index in [0.717, 1.165) is 0 Å². The number of para-hydroxylation sites is 1. The lowest BCUT2D eigenvalue weighted by atomic mass is 9.84. The van der Waals surface area contributed by atoms with E-state index >= 15 is 0 Å². The molecule has 5 heteroatoms. The first-order valence-electron chi connectivity index (χ1n) is 7.21. The first-order chi connectivity index (χ1) is 10.6. The largest absolute Gasteiger partial charge is 0.347 e. The third-order valence-electron chi connectivity index (χ3n) is 3.98. The molecule has 0 amide bonds. The van der Waals surface area contributed by atoms with Crippen LogP contribution in [0, 0.1) is 0 Å². The summed E-state index contributed by atoms with van der Waals surface area (Å²) in [5.41, 5.74) is 6.55. The summed E-state index contributed by atoms with van der Waals surface area (Å²) in [5, 5.41) is 4.16. The molecule has 1 aromatic carbocycles. The lowest BCUT2D eigenvalue weighted by Crippen LogP contribution is -2.23. The standard InChI is InChI=1S/C17H19N5/c1-17(2)13-7-4-5-8-14(13)22(3)15(17)9-12-20-21-16-18-10-6-11-19-16/h4-12H,1-3H3,(H,18,19,21)/b15-9-,20-12+. The van der Waals surface area contributed by atoms with Gasteiger partial charge < -0.3 is 4.90 Å². The monoisotopic (exact) mass is 293 g/mol. The minimum atomic E-state index is -0.0411. The fourth-order valence-corrected chi connectivity index (χ4v) is 2.86. The maximum Gasteiger partial charge on any atom is 0.243 e. The summed E-state index contributed by atoms with van der Waals surface area (Å²) < 4.78 is 0. The van der Waals surface area contributed by atoms with Crippen LogP contribution in [0.25, 0.3) is 0 Å². The number of anilines is 2. The van der Waals surface area contributed by atoms with E-state index < -0.39 is 0 Å². The van der Waals surface area contributed by atoms with Crippen LogP contribution in [0.2, 0.25) is 0 Å². The Morgan fingerprint density at radius 3 is 2.59 bits per heavy atom. The average Bonchev–Trinajstić information content (AvgIpc) is 2.73. The van der Waals surface area contributed by atoms with Crippen molar-refractivity contribution in [2.45, 2.75) is 19.3 Å². The van der Waals surface area contributed by atoms with Crippen LogP contribution in [-0.4, -0.2) is 23.2 Å². The molecule has 0 fully saturated rings. The van der Waals surface area contributed by atoms with Crippen molar-refractivity contribution in [1.82, 2.24) is 9.97 Å². The third-order valence-corrected chi connectivity index (χ3v) is 3.98. The molecule has 0 saturated carbocycles. The molecule has 0 unspecified atom stereocenters. The predicted molar refractivity (Wildman–Crippen MR) is 90.1 cm³/mol. The summed E-state index contributed by atoms with van der Waals surface area (Å²) in [6, 6.07) is 10.2. The van der Waals surface area contributed by atoms with E-state index in [-0.39, 0.29) is 5.41 Å². The Bertz CT molecular complexity index is 719. The highest BCUT2D eigenvalue weighted by Gasteiger charge is 2.37. The van der Waals surface area contributed by atoms with Crippen molar-refractivity contribution in [2.75, 3.05) is 17.4 Å². The lowest BCUT2D eigenvalue weighted by Gasteiger charge is -2.23. The van der Waals surface area contributed by atoms with Crippen LogP contribution < -0.4 is 10.3 Å². The lowest BCUT2D eigenvalue weighted by molar-refractivity contribution is 0.641. The number of nitrogens with zero attached hydrogens (tertiary/aromatic N) is 4. The van der Waals surface area contributed by atoms with Crippen LogP contribution in [0.15, 0.2) is 59.6 Å². The van der Waals surface area contributed by atoms with Gasteiger partial charge in [0.05, 0.1) is 0 Å². The number of benzene rings is 1. The highest BCUT2D eigenvalue weighted by molar-refractivity contribution is 5.79. The number of hydrogen-bond acceptors (Lipinski definition) is 5. The van der Waals surface area contributed by atoms with Gasteiger partial charge in [-0.05, 0) is 23.8 Å². The fraction of sp³-hybridized carbons (Fsp3) is 0.235. The molecule has 2 heterocycles. The van der Waals surface area contributed by atoms with Crippen molar-refractivity contribution in [2.24, 2.45) is 5.10 Å². The van der Waals surface area contributed by atoms with Gasteiger partial charge in [-0.2, -0.15) is 5.10 Å². The molecule has 0 aliphatic carbocycles. The average molecular weight is 293 g/mol. The Labute approximate surface area is 130 Å². The third kappa shape index (κ3) is 2.45. The molecule has 0 saturated heterocycles. The molecule has 3 rings (SSSR count). The van der Waals surface area contributed by atoms with Gasteiger partial charge in [0.2, 0.25) is 5.95 Å². The van der Waals surface area contributed by atoms with Gasteiger partial charge in [0.25, 0.3) is 0 Å². The Balaban J connectivity index is 1.80. The van der Waals surface area contributed by atoms with E-state index in [1.54, 1.807) is 24.7 Å². The summed E-state index contributed by atoms with van der Waals surface area (Å²) in [4.78, 5) is 10.3. The smallest absolute Gasteiger partial charge is 0.243 e. The fourth-order valence-electron chi connectivity index (χ4n) is 2.86. The Kier molecular flexibility index (Phi) is 3.63. The molecule has 5 nitrogen and oxygen atoms in total. The molecule has 0 atom stereocenters. The van der Waals surface area contributed by atoms with E-state index in [1.807, 2.05) is 6.08 Å². The number of rotatable bonds is 3. The number of fused-ring (bicyclic) bond motifs is 1. The minimum absolute atomic E-state index is 0.0411. The van der Waals surface area contributed by atoms with E-state index in [2.05, 4.69) is 70.6 Å². The maximum absolute atomic E-state index is 4.16. The van der Waals surface area contributed by atoms with Crippen molar-refractivity contribution in [3.05, 3.63) is 60.1 Å². The van der Waals surface area contributed by atoms with Crippen LogP contribution in [0.3, 0.4) is 0 Å². The van der Waals surface area contributed by atoms with Gasteiger partial charge in [-0.3, -0.25) is 0 Å². The van der Waals surface area contributed by atoms with Gasteiger partial charge in [-0.25, -0.2) is 15.4 Å². The van der Waals surface area contributed by atoms with E-state index in [9.17, 15) is 0 Å². The second-order valence-corrected chi connectivity index (χ2v) is 5.72. The number of likely N-dealkylation sites (N-methyl/N-ethyl adjacent to an activating group) is 1. The van der Waals surface area contributed by atoms with Crippen molar-refractivity contribution < 1.29 is 0 Å². The molecule has 1 aliphatic heterocycles. The zero-order valence-electron chi connectivity index (χ0n) is 13.0. The molecular formula is C17H19N5. The van der Waals surface area contributed by atoms with Crippen molar-refractivity contribution in [1.29, 1.82) is 0 Å². The Morgan fingerprint density at radius 2 is 1.86 bits per heavy atom. The zero-order valence-corrected chi connectivity index (χ0v) is 13.0. The number of hydrazone groups is 1. The number of hydrogen-bond donors (Lipinski definition) is 1. The van der Waals surface area contributed by atoms with Gasteiger partial charge in [-0.15, -0.1) is 0 Å². The zero-order chi connectivity index (χ0) is 15.6. The van der Waals surface area contributed by atoms with Crippen molar-refractivity contribution >= 4 is 17.9 Å². The molecule has 2 aromatic rings. The van der Waals surface area contributed by atoms with Crippen LogP contribution in [-0.2, 0) is 5.41 Å². The van der Waals surface area contributed by atoms with Gasteiger partial charge >= 0.3 is 0 Å². The molecule has 1 aliphatic rings. The van der Waals surface area contributed by atoms with Gasteiger partial charge in [0.1, 0.15) is 0 Å². The molecule has 112 valence electrons. The second kappa shape index (κ2) is 5.60. The molecule has 0 spiro atoms. The van der Waals surface area contributed by atoms with Crippen LogP contribution >= 0.6 is 0 Å². The highest BCUT2D eigenvalue weighted by atomic mass is 15.3. The van der Waals surface area contributed by atoms with Crippen molar-refractivity contribution in [3.63, 3.8) is 0 Å². The quantitative estimate of drug-likeness (QED) is 0.697. The first kappa shape index (κ1) is 14.3. The summed E-state index contributed by atoms with van der Waals surface area (Å²) in [7, 11) is 2.08. The molecule has 0 radical (unpaired) electrons. The van der Waals surface area contributed by atoms with Crippen molar-refractivity contribution in [3.8, 4) is 0 Å². The summed E-state index contributed by atoms with van der Waals surface area (Å²) in [5.74, 6) is 0.486. The second-order valence-electron chi connectivity index (χ2n) is 5.72. The molecular weight excluding hydrogens is 274 g/mol.